The maximum Gasteiger partial charge on any atom is 0.274 e. The highest BCUT2D eigenvalue weighted by Crippen LogP contribution is 2.38. The SMILES string of the molecule is CC(C)n1cc(Br)cc1-c1nc(C2(N)CCC2)no1. The van der Waals surface area contributed by atoms with Gasteiger partial charge in [0.05, 0.1) is 5.54 Å². The standard InChI is InChI=1S/C13H17BrN4O/c1-8(2)18-7-9(14)6-10(18)11-16-12(17-19-11)13(15)4-3-5-13/h6-8H,3-5,15H2,1-2H3. The fraction of sp³-hybridized carbons (Fsp3) is 0.538. The summed E-state index contributed by atoms with van der Waals surface area (Å²) in [5.41, 5.74) is 6.76. The number of nitrogens with zero attached hydrogens (tertiary/aromatic N) is 3. The third-order valence-electron chi connectivity index (χ3n) is 3.71. The zero-order chi connectivity index (χ0) is 13.6. The van der Waals surface area contributed by atoms with Crippen molar-refractivity contribution in [3.05, 3.63) is 22.6 Å². The monoisotopic (exact) mass is 324 g/mol. The predicted molar refractivity (Wildman–Crippen MR) is 75.5 cm³/mol. The largest absolute Gasteiger partial charge is 0.340 e. The summed E-state index contributed by atoms with van der Waals surface area (Å²) in [4.78, 5) is 4.49. The topological polar surface area (TPSA) is 69.9 Å². The van der Waals surface area contributed by atoms with E-state index < -0.39 is 0 Å². The van der Waals surface area contributed by atoms with Crippen LogP contribution in [0.1, 0.15) is 45.0 Å². The Hall–Kier alpha value is -1.14. The molecule has 2 N–H and O–H groups in total. The molecule has 19 heavy (non-hydrogen) atoms. The number of hydrogen-bond donors (Lipinski definition) is 1. The molecule has 6 heteroatoms. The van der Waals surface area contributed by atoms with Crippen LogP contribution >= 0.6 is 15.9 Å². The van der Waals surface area contributed by atoms with Gasteiger partial charge in [0.15, 0.2) is 5.82 Å². The number of hydrogen-bond acceptors (Lipinski definition) is 4. The van der Waals surface area contributed by atoms with Gasteiger partial charge in [0.1, 0.15) is 5.69 Å². The molecule has 3 rings (SSSR count). The normalized spacial score (nSPS) is 17.7. The molecule has 0 radical (unpaired) electrons. The molecule has 0 atom stereocenters. The molecule has 0 unspecified atom stereocenters. The van der Waals surface area contributed by atoms with E-state index in [0.717, 1.165) is 29.4 Å². The number of halogens is 1. The van der Waals surface area contributed by atoms with Crippen LogP contribution in [0.3, 0.4) is 0 Å². The first kappa shape index (κ1) is 12.9. The lowest BCUT2D eigenvalue weighted by atomic mass is 9.77. The molecular formula is C13H17BrN4O. The summed E-state index contributed by atoms with van der Waals surface area (Å²) in [7, 11) is 0. The highest BCUT2D eigenvalue weighted by Gasteiger charge is 2.39. The maximum absolute atomic E-state index is 6.22. The summed E-state index contributed by atoms with van der Waals surface area (Å²) in [6, 6.07) is 2.31. The Bertz CT molecular complexity index is 598. The highest BCUT2D eigenvalue weighted by molar-refractivity contribution is 9.10. The molecule has 2 heterocycles. The second-order valence-corrected chi connectivity index (χ2v) is 6.39. The lowest BCUT2D eigenvalue weighted by molar-refractivity contribution is 0.229. The Morgan fingerprint density at radius 1 is 1.47 bits per heavy atom. The Morgan fingerprint density at radius 3 is 2.79 bits per heavy atom. The van der Waals surface area contributed by atoms with Crippen LogP contribution in [-0.4, -0.2) is 14.7 Å². The molecule has 1 aliphatic rings. The van der Waals surface area contributed by atoms with Crippen molar-refractivity contribution in [2.75, 3.05) is 0 Å². The molecule has 0 aromatic carbocycles. The van der Waals surface area contributed by atoms with Gasteiger partial charge in [-0.15, -0.1) is 0 Å². The lowest BCUT2D eigenvalue weighted by Gasteiger charge is -2.34. The van der Waals surface area contributed by atoms with E-state index in [-0.39, 0.29) is 5.54 Å². The van der Waals surface area contributed by atoms with Crippen molar-refractivity contribution in [3.8, 4) is 11.6 Å². The second kappa shape index (κ2) is 4.45. The van der Waals surface area contributed by atoms with Crippen LogP contribution in [0.5, 0.6) is 0 Å². The van der Waals surface area contributed by atoms with Crippen LogP contribution in [0.25, 0.3) is 11.6 Å². The van der Waals surface area contributed by atoms with Gasteiger partial charge in [0.25, 0.3) is 5.89 Å². The Labute approximate surface area is 120 Å². The Kier molecular flexibility index (Phi) is 3.02. The predicted octanol–water partition coefficient (Wildman–Crippen LogP) is 3.22. The van der Waals surface area contributed by atoms with Crippen LogP contribution in [0.2, 0.25) is 0 Å². The van der Waals surface area contributed by atoms with Gasteiger partial charge in [-0.1, -0.05) is 5.16 Å². The van der Waals surface area contributed by atoms with Gasteiger partial charge in [-0.2, -0.15) is 4.98 Å². The van der Waals surface area contributed by atoms with Gasteiger partial charge in [0, 0.05) is 16.7 Å². The van der Waals surface area contributed by atoms with Crippen LogP contribution in [0, 0.1) is 0 Å². The van der Waals surface area contributed by atoms with E-state index in [0.29, 0.717) is 17.8 Å². The van der Waals surface area contributed by atoms with Crippen molar-refractivity contribution in [2.24, 2.45) is 5.73 Å². The second-order valence-electron chi connectivity index (χ2n) is 5.48. The quantitative estimate of drug-likeness (QED) is 0.941. The van der Waals surface area contributed by atoms with E-state index >= 15 is 0 Å². The summed E-state index contributed by atoms with van der Waals surface area (Å²) >= 11 is 3.48. The molecule has 0 aliphatic heterocycles. The van der Waals surface area contributed by atoms with Crippen molar-refractivity contribution in [3.63, 3.8) is 0 Å². The molecule has 102 valence electrons. The summed E-state index contributed by atoms with van der Waals surface area (Å²) in [5, 5.41) is 4.06. The van der Waals surface area contributed by atoms with Crippen molar-refractivity contribution in [1.82, 2.24) is 14.7 Å². The molecule has 2 aromatic heterocycles. The minimum atomic E-state index is -0.381. The average molecular weight is 325 g/mol. The molecule has 5 nitrogen and oxygen atoms in total. The summed E-state index contributed by atoms with van der Waals surface area (Å²) in [6.45, 7) is 4.23. The van der Waals surface area contributed by atoms with Crippen molar-refractivity contribution in [2.45, 2.75) is 44.7 Å². The molecule has 0 spiro atoms. The lowest BCUT2D eigenvalue weighted by Crippen LogP contribution is -2.44. The summed E-state index contributed by atoms with van der Waals surface area (Å²) in [6.07, 6.45) is 5.02. The molecular weight excluding hydrogens is 308 g/mol. The number of nitrogens with two attached hydrogens (primary N) is 1. The Balaban J connectivity index is 1.99. The molecule has 2 aromatic rings. The van der Waals surface area contributed by atoms with Crippen LogP contribution < -0.4 is 5.73 Å². The fourth-order valence-electron chi connectivity index (χ4n) is 2.36. The minimum Gasteiger partial charge on any atom is -0.340 e. The molecule has 0 amide bonds. The van der Waals surface area contributed by atoms with E-state index in [2.05, 4.69) is 44.5 Å². The molecule has 0 saturated heterocycles. The van der Waals surface area contributed by atoms with Crippen molar-refractivity contribution in [1.29, 1.82) is 0 Å². The molecule has 1 fully saturated rings. The first-order valence-electron chi connectivity index (χ1n) is 6.50. The van der Waals surface area contributed by atoms with Gasteiger partial charge < -0.3 is 14.8 Å². The van der Waals surface area contributed by atoms with E-state index in [1.807, 2.05) is 12.3 Å². The minimum absolute atomic E-state index is 0.326. The number of aromatic nitrogens is 3. The van der Waals surface area contributed by atoms with Gasteiger partial charge in [0.2, 0.25) is 0 Å². The zero-order valence-electron chi connectivity index (χ0n) is 11.1. The van der Waals surface area contributed by atoms with Gasteiger partial charge in [-0.05, 0) is 55.1 Å². The number of rotatable bonds is 3. The van der Waals surface area contributed by atoms with E-state index in [1.165, 1.54) is 0 Å². The summed E-state index contributed by atoms with van der Waals surface area (Å²) < 4.78 is 8.50. The molecule has 1 aliphatic carbocycles. The summed E-state index contributed by atoms with van der Waals surface area (Å²) in [5.74, 6) is 1.16. The smallest absolute Gasteiger partial charge is 0.274 e. The Morgan fingerprint density at radius 2 is 2.21 bits per heavy atom. The van der Waals surface area contributed by atoms with Crippen LogP contribution in [-0.2, 0) is 5.54 Å². The van der Waals surface area contributed by atoms with Crippen molar-refractivity contribution < 1.29 is 4.52 Å². The van der Waals surface area contributed by atoms with Gasteiger partial charge >= 0.3 is 0 Å². The van der Waals surface area contributed by atoms with Crippen LogP contribution in [0.4, 0.5) is 0 Å². The molecule has 0 bridgehead atoms. The first-order chi connectivity index (χ1) is 8.99. The van der Waals surface area contributed by atoms with Gasteiger partial charge in [-0.3, -0.25) is 0 Å². The first-order valence-corrected chi connectivity index (χ1v) is 7.30. The zero-order valence-corrected chi connectivity index (χ0v) is 12.6. The van der Waals surface area contributed by atoms with E-state index in [4.69, 9.17) is 10.3 Å². The highest BCUT2D eigenvalue weighted by atomic mass is 79.9. The molecule has 1 saturated carbocycles. The fourth-order valence-corrected chi connectivity index (χ4v) is 2.79. The average Bonchev–Trinajstić information content (AvgIpc) is 2.91. The third kappa shape index (κ3) is 2.12. The van der Waals surface area contributed by atoms with Crippen LogP contribution in [0.15, 0.2) is 21.3 Å². The van der Waals surface area contributed by atoms with Gasteiger partial charge in [-0.25, -0.2) is 0 Å². The third-order valence-corrected chi connectivity index (χ3v) is 4.14. The van der Waals surface area contributed by atoms with Crippen molar-refractivity contribution >= 4 is 15.9 Å². The van der Waals surface area contributed by atoms with E-state index in [9.17, 15) is 0 Å². The van der Waals surface area contributed by atoms with E-state index in [1.54, 1.807) is 0 Å². The maximum atomic E-state index is 6.22.